The number of hydrogen-bond acceptors (Lipinski definition) is 2. The molecule has 2 heteroatoms. The molecule has 1 N–H and O–H groups in total. The zero-order valence-corrected chi connectivity index (χ0v) is 10.3. The van der Waals surface area contributed by atoms with E-state index in [2.05, 4.69) is 24.2 Å². The van der Waals surface area contributed by atoms with Gasteiger partial charge in [-0.25, -0.2) is 0 Å². The van der Waals surface area contributed by atoms with Crippen LogP contribution in [0.5, 0.6) is 0 Å². The van der Waals surface area contributed by atoms with Crippen molar-refractivity contribution in [1.29, 1.82) is 0 Å². The van der Waals surface area contributed by atoms with E-state index in [1.807, 2.05) is 0 Å². The van der Waals surface area contributed by atoms with E-state index in [1.165, 1.54) is 51.6 Å². The van der Waals surface area contributed by atoms with Gasteiger partial charge in [0.15, 0.2) is 0 Å². The van der Waals surface area contributed by atoms with Crippen molar-refractivity contribution < 1.29 is 0 Å². The molecule has 0 amide bonds. The quantitative estimate of drug-likeness (QED) is 0.765. The van der Waals surface area contributed by atoms with Gasteiger partial charge in [-0.3, -0.25) is 0 Å². The monoisotopic (exact) mass is 210 g/mol. The third-order valence-corrected chi connectivity index (χ3v) is 4.47. The van der Waals surface area contributed by atoms with Crippen LogP contribution in [0.4, 0.5) is 0 Å². The van der Waals surface area contributed by atoms with E-state index in [9.17, 15) is 0 Å². The number of nitrogens with zero attached hydrogens (tertiary/aromatic N) is 1. The second kappa shape index (κ2) is 5.31. The molecule has 15 heavy (non-hydrogen) atoms. The smallest absolute Gasteiger partial charge is 0.00910 e. The minimum absolute atomic E-state index is 0.764. The van der Waals surface area contributed by atoms with Crippen LogP contribution in [0, 0.1) is 5.92 Å². The van der Waals surface area contributed by atoms with Gasteiger partial charge in [0.1, 0.15) is 0 Å². The first-order valence-electron chi connectivity index (χ1n) is 6.71. The first-order valence-corrected chi connectivity index (χ1v) is 6.71. The second-order valence-corrected chi connectivity index (χ2v) is 5.48. The van der Waals surface area contributed by atoms with Crippen molar-refractivity contribution in [3.63, 3.8) is 0 Å². The van der Waals surface area contributed by atoms with E-state index < -0.39 is 0 Å². The summed E-state index contributed by atoms with van der Waals surface area (Å²) in [6, 6.07) is 1.55. The Bertz CT molecular complexity index is 189. The van der Waals surface area contributed by atoms with Crippen LogP contribution in [0.3, 0.4) is 0 Å². The molecule has 88 valence electrons. The molecule has 1 saturated carbocycles. The summed E-state index contributed by atoms with van der Waals surface area (Å²) >= 11 is 0. The number of rotatable bonds is 4. The summed E-state index contributed by atoms with van der Waals surface area (Å²) in [5.74, 6) is 1.07. The first kappa shape index (κ1) is 11.4. The van der Waals surface area contributed by atoms with Gasteiger partial charge in [-0.15, -0.1) is 0 Å². The molecule has 2 fully saturated rings. The van der Waals surface area contributed by atoms with Gasteiger partial charge < -0.3 is 10.2 Å². The Hall–Kier alpha value is -0.0800. The second-order valence-electron chi connectivity index (χ2n) is 5.48. The first-order chi connectivity index (χ1) is 7.29. The van der Waals surface area contributed by atoms with Crippen LogP contribution in [0.1, 0.15) is 45.4 Å². The molecule has 2 unspecified atom stereocenters. The minimum atomic E-state index is 0.764. The molecule has 2 aliphatic rings. The zero-order valence-electron chi connectivity index (χ0n) is 10.3. The van der Waals surface area contributed by atoms with Crippen molar-refractivity contribution in [2.24, 2.45) is 5.92 Å². The number of piperidine rings is 1. The van der Waals surface area contributed by atoms with Crippen molar-refractivity contribution in [2.75, 3.05) is 20.1 Å². The molecule has 0 bridgehead atoms. The predicted octanol–water partition coefficient (Wildman–Crippen LogP) is 2.25. The fourth-order valence-corrected chi connectivity index (χ4v) is 2.94. The molecule has 0 aromatic carbocycles. The van der Waals surface area contributed by atoms with Crippen LogP contribution >= 0.6 is 0 Å². The normalized spacial score (nSPS) is 34.0. The Kier molecular flexibility index (Phi) is 4.04. The third-order valence-electron chi connectivity index (χ3n) is 4.47. The van der Waals surface area contributed by atoms with Gasteiger partial charge in [0.2, 0.25) is 0 Å². The molecule has 1 aliphatic heterocycles. The topological polar surface area (TPSA) is 15.3 Å². The Labute approximate surface area is 94.4 Å². The Morgan fingerprint density at radius 2 is 2.07 bits per heavy atom. The maximum absolute atomic E-state index is 3.42. The van der Waals surface area contributed by atoms with Crippen LogP contribution in [-0.4, -0.2) is 37.1 Å². The van der Waals surface area contributed by atoms with Gasteiger partial charge in [-0.05, 0) is 52.2 Å². The Balaban J connectivity index is 1.68. The third kappa shape index (κ3) is 2.94. The maximum Gasteiger partial charge on any atom is 0.00910 e. The van der Waals surface area contributed by atoms with Gasteiger partial charge in [-0.1, -0.05) is 19.3 Å². The van der Waals surface area contributed by atoms with E-state index in [-0.39, 0.29) is 0 Å². The largest absolute Gasteiger partial charge is 0.317 e. The minimum Gasteiger partial charge on any atom is -0.317 e. The predicted molar refractivity (Wildman–Crippen MR) is 65.1 cm³/mol. The van der Waals surface area contributed by atoms with Gasteiger partial charge in [0.05, 0.1) is 0 Å². The summed E-state index contributed by atoms with van der Waals surface area (Å²) < 4.78 is 0. The lowest BCUT2D eigenvalue weighted by molar-refractivity contribution is 0.121. The fourth-order valence-electron chi connectivity index (χ4n) is 2.94. The van der Waals surface area contributed by atoms with E-state index in [0.29, 0.717) is 0 Å². The van der Waals surface area contributed by atoms with E-state index in [1.54, 1.807) is 0 Å². The summed E-state index contributed by atoms with van der Waals surface area (Å²) in [5.41, 5.74) is 0. The van der Waals surface area contributed by atoms with E-state index in [0.717, 1.165) is 18.0 Å². The summed E-state index contributed by atoms with van der Waals surface area (Å²) in [6.45, 7) is 5.05. The number of nitrogens with one attached hydrogen (secondary N) is 1. The van der Waals surface area contributed by atoms with Crippen molar-refractivity contribution >= 4 is 0 Å². The molecule has 2 atom stereocenters. The van der Waals surface area contributed by atoms with Gasteiger partial charge in [-0.2, -0.15) is 0 Å². The Morgan fingerprint density at radius 3 is 2.60 bits per heavy atom. The molecule has 0 radical (unpaired) electrons. The lowest BCUT2D eigenvalue weighted by Gasteiger charge is -2.39. The van der Waals surface area contributed by atoms with Crippen LogP contribution in [0.25, 0.3) is 0 Å². The molecular weight excluding hydrogens is 184 g/mol. The highest BCUT2D eigenvalue weighted by Crippen LogP contribution is 2.30. The average Bonchev–Trinajstić information content (AvgIpc) is 2.18. The lowest BCUT2D eigenvalue weighted by atomic mass is 9.82. The van der Waals surface area contributed by atoms with Crippen molar-refractivity contribution in [3.8, 4) is 0 Å². The lowest BCUT2D eigenvalue weighted by Crippen LogP contribution is -2.47. The molecular formula is C13H26N2. The molecule has 0 aromatic heterocycles. The number of likely N-dealkylation sites (tertiary alicyclic amines) is 1. The Morgan fingerprint density at radius 1 is 1.27 bits per heavy atom. The van der Waals surface area contributed by atoms with Gasteiger partial charge in [0, 0.05) is 12.1 Å². The summed E-state index contributed by atoms with van der Waals surface area (Å²) in [5, 5.41) is 3.42. The SMILES string of the molecule is CNC1CCN(CCC2CCC2)C(C)C1. The van der Waals surface area contributed by atoms with E-state index in [4.69, 9.17) is 0 Å². The standard InChI is InChI=1S/C13H26N2/c1-11-10-13(14-2)7-9-15(11)8-6-12-4-3-5-12/h11-14H,3-10H2,1-2H3. The van der Waals surface area contributed by atoms with Crippen LogP contribution in [0.15, 0.2) is 0 Å². The van der Waals surface area contributed by atoms with E-state index >= 15 is 0 Å². The highest BCUT2D eigenvalue weighted by molar-refractivity contribution is 4.83. The molecule has 0 spiro atoms. The summed E-state index contributed by atoms with van der Waals surface area (Å²) in [6.07, 6.45) is 8.62. The van der Waals surface area contributed by atoms with Crippen LogP contribution < -0.4 is 5.32 Å². The molecule has 2 nitrogen and oxygen atoms in total. The fraction of sp³-hybridized carbons (Fsp3) is 1.00. The van der Waals surface area contributed by atoms with Crippen molar-refractivity contribution in [3.05, 3.63) is 0 Å². The average molecular weight is 210 g/mol. The molecule has 2 rings (SSSR count). The molecule has 1 saturated heterocycles. The number of hydrogen-bond donors (Lipinski definition) is 1. The highest BCUT2D eigenvalue weighted by atomic mass is 15.2. The van der Waals surface area contributed by atoms with Crippen molar-refractivity contribution in [2.45, 2.75) is 57.5 Å². The van der Waals surface area contributed by atoms with Gasteiger partial charge >= 0.3 is 0 Å². The molecule has 1 aliphatic carbocycles. The van der Waals surface area contributed by atoms with Crippen LogP contribution in [0.2, 0.25) is 0 Å². The summed E-state index contributed by atoms with van der Waals surface area (Å²) in [4.78, 5) is 2.70. The maximum atomic E-state index is 3.42. The summed E-state index contributed by atoms with van der Waals surface area (Å²) in [7, 11) is 2.10. The zero-order chi connectivity index (χ0) is 10.7. The van der Waals surface area contributed by atoms with Crippen molar-refractivity contribution in [1.82, 2.24) is 10.2 Å². The van der Waals surface area contributed by atoms with Gasteiger partial charge in [0.25, 0.3) is 0 Å². The van der Waals surface area contributed by atoms with Crippen LogP contribution in [-0.2, 0) is 0 Å². The molecule has 1 heterocycles. The molecule has 0 aromatic rings. The highest BCUT2D eigenvalue weighted by Gasteiger charge is 2.25.